The van der Waals surface area contributed by atoms with Crippen LogP contribution in [-0.4, -0.2) is 160 Å². The molecule has 1 N–H and O–H groups in total. The molecule has 6 aromatic heterocycles. The number of pyridine rings is 3. The van der Waals surface area contributed by atoms with E-state index < -0.39 is 5.43 Å². The fourth-order valence-electron chi connectivity index (χ4n) is 13.7. The number of rotatable bonds is 19. The molecule has 24 heteroatoms. The Labute approximate surface area is 588 Å². The lowest BCUT2D eigenvalue weighted by Crippen LogP contribution is -2.50. The number of amides is 1. The normalized spacial score (nSPS) is 21.7. The molecule has 6 aliphatic rings. The molecule has 6 unspecified atom stereocenters. The van der Waals surface area contributed by atoms with E-state index in [9.17, 15) is 9.59 Å². The molecule has 532 valence electrons. The number of likely N-dealkylation sites (tertiary alicyclic amines) is 2. The average molecular weight is 1380 g/mol. The van der Waals surface area contributed by atoms with Crippen molar-refractivity contribution in [3.8, 4) is 52.5 Å². The highest BCUT2D eigenvalue weighted by molar-refractivity contribution is 6.61. The van der Waals surface area contributed by atoms with Crippen molar-refractivity contribution in [2.24, 2.45) is 35.5 Å². The highest BCUT2D eigenvalue weighted by atomic mass is 35.5. The molecule has 99 heavy (non-hydrogen) atoms. The van der Waals surface area contributed by atoms with Gasteiger partial charge in [0.05, 0.1) is 46.0 Å². The van der Waals surface area contributed by atoms with Crippen LogP contribution in [-0.2, 0) is 16.0 Å². The molecule has 9 heterocycles. The van der Waals surface area contributed by atoms with Gasteiger partial charge in [0.25, 0.3) is 0 Å². The van der Waals surface area contributed by atoms with Crippen LogP contribution in [0.2, 0.25) is 0 Å². The summed E-state index contributed by atoms with van der Waals surface area (Å²) in [5, 5.41) is 3.48. The van der Waals surface area contributed by atoms with E-state index in [-0.39, 0.29) is 48.4 Å². The smallest absolute Gasteiger partial charge is 0.410 e. The van der Waals surface area contributed by atoms with Gasteiger partial charge in [-0.05, 0) is 169 Å². The molecule has 13 rings (SSSR count). The summed E-state index contributed by atoms with van der Waals surface area (Å²) in [7, 11) is 0. The first-order valence-electron chi connectivity index (χ1n) is 35.0. The van der Waals surface area contributed by atoms with E-state index in [4.69, 9.17) is 44.8 Å². The maximum atomic E-state index is 12.3. The Kier molecular flexibility index (Phi) is 27.7. The Morgan fingerprint density at radius 3 is 1.16 bits per heavy atom. The highest BCUT2D eigenvalue weighted by Crippen LogP contribution is 2.44. The van der Waals surface area contributed by atoms with E-state index in [0.717, 1.165) is 79.3 Å². The molecule has 23 nitrogen and oxygen atoms in total. The van der Waals surface area contributed by atoms with Gasteiger partial charge in [-0.25, -0.2) is 39.5 Å². The minimum Gasteiger partial charge on any atom is -0.473 e. The molecular formula is C75H100ClN13O10. The molecule has 3 saturated carbocycles. The summed E-state index contributed by atoms with van der Waals surface area (Å²) < 4.78 is 46.8. The number of halogens is 1. The van der Waals surface area contributed by atoms with Crippen LogP contribution < -0.4 is 33.7 Å². The zero-order valence-corrected chi connectivity index (χ0v) is 60.6. The molecular weight excluding hydrogens is 1280 g/mol. The summed E-state index contributed by atoms with van der Waals surface area (Å²) in [6.07, 6.45) is 16.7. The number of aromatic nitrogens is 9. The van der Waals surface area contributed by atoms with Crippen molar-refractivity contribution in [1.29, 1.82) is 0 Å². The van der Waals surface area contributed by atoms with Gasteiger partial charge in [-0.15, -0.1) is 0 Å². The highest BCUT2D eigenvalue weighted by Gasteiger charge is 2.47. The quantitative estimate of drug-likeness (QED) is 0.0739. The third-order valence-corrected chi connectivity index (χ3v) is 19.0. The molecule has 3 aliphatic carbocycles. The lowest BCUT2D eigenvalue weighted by Gasteiger charge is -2.38. The predicted molar refractivity (Wildman–Crippen MR) is 378 cm³/mol. The van der Waals surface area contributed by atoms with Crippen molar-refractivity contribution in [2.45, 2.75) is 166 Å². The molecule has 3 aliphatic heterocycles. The summed E-state index contributed by atoms with van der Waals surface area (Å²) in [5.74, 6) is 8.09. The van der Waals surface area contributed by atoms with Crippen molar-refractivity contribution in [1.82, 2.24) is 64.9 Å². The number of benzene rings is 1. The monoisotopic (exact) mass is 1380 g/mol. The molecule has 3 saturated heterocycles. The standard InChI is InChI=1S/C25H28N4O2.C22H28N4O4.C18H22N4O2.C6H15N.C4H7ClO2/c1-17-24(30-22-9-6-12-26-18(22)2)27-16-28-25(17)31-23-20-10-11-21(23)15-29(14-20)13-19-7-4-3-5-8-19;1-13(2)28-22(27)26-10-16-7-8-17(11-26)19(16)30-21-14(3)20(24-12-25-21)29-18-6-5-9-23-15(18)4;1-11-17(23-15-4-3-7-20-12(15)2)21-10-22-18(11)24-16-13-5-6-14(16)9-19-8-13;1-4-7(5-2)6-3;1-3(2)7-4(5)6/h3-9,12,16,20-21,23H,10-11,13-15H2,1-2H3;5-6,9,12-13,16-17,19H,7-8,10-11H2,1-4H3;3-4,7,10,13-14,16,19H,5-6,8-9H2,1-2H3;4-6H2,1-3H3;3H,1-2H3. The van der Waals surface area contributed by atoms with Gasteiger partial charge in [-0.3, -0.25) is 19.9 Å². The van der Waals surface area contributed by atoms with Crippen LogP contribution in [0.5, 0.6) is 52.5 Å². The van der Waals surface area contributed by atoms with Crippen molar-refractivity contribution < 1.29 is 47.5 Å². The number of nitrogens with zero attached hydrogens (tertiary/aromatic N) is 12. The molecule has 0 spiro atoms. The van der Waals surface area contributed by atoms with Gasteiger partial charge < -0.3 is 53.0 Å². The Morgan fingerprint density at radius 1 is 0.475 bits per heavy atom. The van der Waals surface area contributed by atoms with E-state index in [2.05, 4.69) is 116 Å². The van der Waals surface area contributed by atoms with Gasteiger partial charge in [-0.1, -0.05) is 51.1 Å². The maximum absolute atomic E-state index is 12.3. The lowest BCUT2D eigenvalue weighted by molar-refractivity contribution is 0.0151. The van der Waals surface area contributed by atoms with Gasteiger partial charge >= 0.3 is 11.5 Å². The van der Waals surface area contributed by atoms with Crippen LogP contribution >= 0.6 is 11.6 Å². The van der Waals surface area contributed by atoms with Crippen LogP contribution in [0.15, 0.2) is 104 Å². The van der Waals surface area contributed by atoms with Crippen LogP contribution in [0.25, 0.3) is 0 Å². The Bertz CT molecular complexity index is 3660. The Hall–Kier alpha value is -8.38. The number of aryl methyl sites for hydroxylation is 3. The Morgan fingerprint density at radius 2 is 0.828 bits per heavy atom. The third-order valence-electron chi connectivity index (χ3n) is 18.9. The van der Waals surface area contributed by atoms with Crippen LogP contribution in [0.3, 0.4) is 0 Å². The Balaban J connectivity index is 0.000000159. The topological polar surface area (TPSA) is 246 Å². The minimum absolute atomic E-state index is 0.0229. The third kappa shape index (κ3) is 20.9. The predicted octanol–water partition coefficient (Wildman–Crippen LogP) is 14.3. The number of piperidine rings is 3. The molecule has 1 amide bonds. The van der Waals surface area contributed by atoms with Crippen molar-refractivity contribution in [2.75, 3.05) is 58.9 Å². The molecule has 6 bridgehead atoms. The van der Waals surface area contributed by atoms with Gasteiger partial charge in [0.15, 0.2) is 17.2 Å². The van der Waals surface area contributed by atoms with E-state index in [1.165, 1.54) is 69.9 Å². The fraction of sp³-hybridized carbons (Fsp3) is 0.533. The summed E-state index contributed by atoms with van der Waals surface area (Å²) in [6, 6.07) is 21.9. The number of carbonyl (C=O) groups excluding carboxylic acids is 2. The number of ether oxygens (including phenoxy) is 8. The summed E-state index contributed by atoms with van der Waals surface area (Å²) in [4.78, 5) is 67.7. The van der Waals surface area contributed by atoms with Crippen molar-refractivity contribution >= 4 is 23.1 Å². The SMILES string of the molecule is CC(C)OC(=O)Cl.CCN(CC)CC.Cc1ncccc1Oc1ncnc(OC2C3CCC2CN(C(=O)OC(C)C)C3)c1C.Cc1ncccc1Oc1ncnc(OC2C3CCC2CN(Cc2ccccc2)C3)c1C.Cc1ncccc1Oc1ncnc(OC2C3CCC2CNC3)c1C. The first-order valence-corrected chi connectivity index (χ1v) is 35.4. The number of fused-ring (bicyclic) bond motifs is 6. The van der Waals surface area contributed by atoms with Gasteiger partial charge in [0.1, 0.15) is 37.3 Å². The van der Waals surface area contributed by atoms with Crippen LogP contribution in [0.4, 0.5) is 9.59 Å². The van der Waals surface area contributed by atoms with Gasteiger partial charge in [0, 0.05) is 112 Å². The van der Waals surface area contributed by atoms with E-state index in [1.807, 2.05) is 96.7 Å². The largest absolute Gasteiger partial charge is 0.473 e. The second-order valence-electron chi connectivity index (χ2n) is 26.6. The average Bonchev–Trinajstić information content (AvgIpc) is 1.71. The molecule has 0 radical (unpaired) electrons. The molecule has 6 atom stereocenters. The number of hydrogen-bond acceptors (Lipinski definition) is 22. The summed E-state index contributed by atoms with van der Waals surface area (Å²) in [6.45, 7) is 35.4. The van der Waals surface area contributed by atoms with Gasteiger partial charge in [-0.2, -0.15) is 0 Å². The number of nitrogens with one attached hydrogen (secondary N) is 1. The van der Waals surface area contributed by atoms with Crippen LogP contribution in [0.1, 0.15) is 126 Å². The summed E-state index contributed by atoms with van der Waals surface area (Å²) >= 11 is 4.81. The van der Waals surface area contributed by atoms with E-state index >= 15 is 0 Å². The first kappa shape index (κ1) is 74.8. The van der Waals surface area contributed by atoms with Crippen molar-refractivity contribution in [3.05, 3.63) is 144 Å². The maximum Gasteiger partial charge on any atom is 0.410 e. The van der Waals surface area contributed by atoms with E-state index in [0.29, 0.717) is 89.3 Å². The second-order valence-corrected chi connectivity index (χ2v) is 26.9. The van der Waals surface area contributed by atoms with Gasteiger partial charge in [0.2, 0.25) is 35.3 Å². The first-order chi connectivity index (χ1) is 47.8. The second kappa shape index (κ2) is 36.6. The zero-order chi connectivity index (χ0) is 70.5. The number of carbonyl (C=O) groups is 2. The number of hydrogen-bond donors (Lipinski definition) is 1. The fourth-order valence-corrected chi connectivity index (χ4v) is 13.8. The zero-order valence-electron chi connectivity index (χ0n) is 59.8. The molecule has 7 aromatic rings. The molecule has 6 fully saturated rings. The van der Waals surface area contributed by atoms with Crippen molar-refractivity contribution in [3.63, 3.8) is 0 Å². The lowest BCUT2D eigenvalue weighted by atomic mass is 9.94. The summed E-state index contributed by atoms with van der Waals surface area (Å²) in [5.41, 5.74) is 5.49. The minimum atomic E-state index is -0.741. The van der Waals surface area contributed by atoms with Crippen LogP contribution in [0, 0.1) is 77.0 Å². The van der Waals surface area contributed by atoms with E-state index in [1.54, 1.807) is 32.4 Å². The molecule has 1 aromatic carbocycles.